The summed E-state index contributed by atoms with van der Waals surface area (Å²) in [6.07, 6.45) is 11.3. The average molecular weight is 284 g/mol. The van der Waals surface area contributed by atoms with E-state index in [2.05, 4.69) is 15.3 Å². The van der Waals surface area contributed by atoms with E-state index < -0.39 is 0 Å². The van der Waals surface area contributed by atoms with Crippen LogP contribution in [0.25, 0.3) is 5.82 Å². The van der Waals surface area contributed by atoms with E-state index in [0.717, 1.165) is 6.42 Å². The Morgan fingerprint density at radius 3 is 3.05 bits per heavy atom. The van der Waals surface area contributed by atoms with Crippen molar-refractivity contribution < 1.29 is 9.90 Å². The third-order valence-corrected chi connectivity index (χ3v) is 3.50. The Morgan fingerprint density at radius 1 is 1.43 bits per heavy atom. The second kappa shape index (κ2) is 5.88. The molecule has 6 nitrogen and oxygen atoms in total. The minimum Gasteiger partial charge on any atom is -0.396 e. The number of nitrogens with one attached hydrogen (secondary N) is 1. The number of pyridine rings is 1. The molecule has 1 amide bonds. The zero-order valence-electron chi connectivity index (χ0n) is 11.4. The maximum Gasteiger partial charge on any atom is 0.251 e. The molecule has 0 radical (unpaired) electrons. The summed E-state index contributed by atoms with van der Waals surface area (Å²) < 4.78 is 1.74. The number of hydrogen-bond acceptors (Lipinski definition) is 4. The summed E-state index contributed by atoms with van der Waals surface area (Å²) >= 11 is 0. The van der Waals surface area contributed by atoms with Gasteiger partial charge in [-0.2, -0.15) is 0 Å². The highest BCUT2D eigenvalue weighted by molar-refractivity contribution is 5.94. The van der Waals surface area contributed by atoms with E-state index in [1.54, 1.807) is 41.6 Å². The molecule has 6 heteroatoms. The molecule has 0 saturated heterocycles. The molecule has 1 aliphatic rings. The zero-order valence-corrected chi connectivity index (χ0v) is 11.4. The van der Waals surface area contributed by atoms with Crippen molar-refractivity contribution in [2.45, 2.75) is 12.5 Å². The van der Waals surface area contributed by atoms with Crippen LogP contribution in [0.5, 0.6) is 0 Å². The second-order valence-electron chi connectivity index (χ2n) is 5.02. The molecule has 2 aromatic heterocycles. The van der Waals surface area contributed by atoms with Gasteiger partial charge in [-0.15, -0.1) is 0 Å². The molecule has 1 aliphatic carbocycles. The van der Waals surface area contributed by atoms with Gasteiger partial charge in [0.15, 0.2) is 0 Å². The Balaban J connectivity index is 1.71. The van der Waals surface area contributed by atoms with Gasteiger partial charge in [0.25, 0.3) is 5.91 Å². The number of carbonyl (C=O) groups excluding carboxylic acids is 1. The fourth-order valence-electron chi connectivity index (χ4n) is 2.36. The van der Waals surface area contributed by atoms with Crippen molar-refractivity contribution >= 4 is 5.91 Å². The molecule has 2 aromatic rings. The standard InChI is InChI=1S/C15H16N4O2/c20-9-11-1-2-13(7-11)18-15(21)12-3-4-17-14(8-12)19-6-5-16-10-19/h1-6,8,10-11,13,20H,7,9H2,(H,18,21)/t11-,13+/m0/s1. The van der Waals surface area contributed by atoms with Crippen LogP contribution < -0.4 is 5.32 Å². The second-order valence-corrected chi connectivity index (χ2v) is 5.02. The van der Waals surface area contributed by atoms with E-state index in [1.165, 1.54) is 0 Å². The Morgan fingerprint density at radius 2 is 2.33 bits per heavy atom. The Bertz CT molecular complexity index is 651. The maximum absolute atomic E-state index is 12.3. The average Bonchev–Trinajstić information content (AvgIpc) is 3.18. The Labute approximate surface area is 122 Å². The predicted molar refractivity (Wildman–Crippen MR) is 76.9 cm³/mol. The molecule has 108 valence electrons. The molecule has 0 aliphatic heterocycles. The first-order chi connectivity index (χ1) is 10.3. The van der Waals surface area contributed by atoms with Gasteiger partial charge in [0.2, 0.25) is 0 Å². The van der Waals surface area contributed by atoms with Gasteiger partial charge in [-0.3, -0.25) is 9.36 Å². The number of nitrogens with zero attached hydrogens (tertiary/aromatic N) is 3. The molecule has 21 heavy (non-hydrogen) atoms. The minimum absolute atomic E-state index is 0.0282. The topological polar surface area (TPSA) is 80.0 Å². The van der Waals surface area contributed by atoms with E-state index in [-0.39, 0.29) is 24.5 Å². The summed E-state index contributed by atoms with van der Waals surface area (Å²) in [5, 5.41) is 12.0. The smallest absolute Gasteiger partial charge is 0.251 e. The molecule has 0 aromatic carbocycles. The van der Waals surface area contributed by atoms with Gasteiger partial charge in [0, 0.05) is 42.7 Å². The molecule has 0 bridgehead atoms. The molecule has 0 unspecified atom stereocenters. The molecule has 0 fully saturated rings. The summed E-state index contributed by atoms with van der Waals surface area (Å²) in [6.45, 7) is 0.114. The molecule has 2 N–H and O–H groups in total. The van der Waals surface area contributed by atoms with Crippen molar-refractivity contribution in [1.82, 2.24) is 19.9 Å². The van der Waals surface area contributed by atoms with Crippen LogP contribution in [0, 0.1) is 5.92 Å². The predicted octanol–water partition coefficient (Wildman–Crippen LogP) is 0.934. The maximum atomic E-state index is 12.3. The van der Waals surface area contributed by atoms with Crippen molar-refractivity contribution in [3.05, 3.63) is 54.8 Å². The Kier molecular flexibility index (Phi) is 3.79. The third kappa shape index (κ3) is 3.00. The van der Waals surface area contributed by atoms with Crippen molar-refractivity contribution in [2.24, 2.45) is 5.92 Å². The van der Waals surface area contributed by atoms with Crippen molar-refractivity contribution in [2.75, 3.05) is 6.61 Å². The van der Waals surface area contributed by atoms with Crippen LogP contribution in [0.15, 0.2) is 49.2 Å². The number of aromatic nitrogens is 3. The highest BCUT2D eigenvalue weighted by atomic mass is 16.3. The van der Waals surface area contributed by atoms with Crippen LogP contribution in [0.4, 0.5) is 0 Å². The third-order valence-electron chi connectivity index (χ3n) is 3.50. The van der Waals surface area contributed by atoms with Crippen molar-refractivity contribution in [3.8, 4) is 5.82 Å². The first-order valence-electron chi connectivity index (χ1n) is 6.80. The Hall–Kier alpha value is -2.47. The van der Waals surface area contributed by atoms with Gasteiger partial charge in [0.05, 0.1) is 0 Å². The number of aliphatic hydroxyl groups excluding tert-OH is 1. The van der Waals surface area contributed by atoms with Gasteiger partial charge in [-0.25, -0.2) is 9.97 Å². The lowest BCUT2D eigenvalue weighted by atomic mass is 10.1. The lowest BCUT2D eigenvalue weighted by molar-refractivity contribution is 0.0941. The molecule has 0 saturated carbocycles. The summed E-state index contributed by atoms with van der Waals surface area (Å²) in [5.74, 6) is 0.636. The van der Waals surface area contributed by atoms with E-state index in [4.69, 9.17) is 5.11 Å². The molecule has 3 rings (SSSR count). The van der Waals surface area contributed by atoms with Crippen LogP contribution in [0.2, 0.25) is 0 Å². The monoisotopic (exact) mass is 284 g/mol. The molecule has 0 spiro atoms. The molecule has 2 heterocycles. The van der Waals surface area contributed by atoms with Gasteiger partial charge >= 0.3 is 0 Å². The van der Waals surface area contributed by atoms with Gasteiger partial charge in [-0.05, 0) is 18.6 Å². The number of rotatable bonds is 4. The van der Waals surface area contributed by atoms with Crippen LogP contribution in [0.3, 0.4) is 0 Å². The number of carbonyl (C=O) groups is 1. The number of aliphatic hydroxyl groups is 1. The van der Waals surface area contributed by atoms with Crippen molar-refractivity contribution in [1.29, 1.82) is 0 Å². The SMILES string of the molecule is O=C(N[C@@H]1C=C[C@H](CO)C1)c1ccnc(-n2ccnc2)c1. The normalized spacial score (nSPS) is 20.6. The lowest BCUT2D eigenvalue weighted by Gasteiger charge is -2.13. The summed E-state index contributed by atoms with van der Waals surface area (Å²) in [6, 6.07) is 3.37. The first kappa shape index (κ1) is 13.5. The van der Waals surface area contributed by atoms with Gasteiger partial charge in [-0.1, -0.05) is 12.2 Å². The number of hydrogen-bond donors (Lipinski definition) is 2. The number of amides is 1. The highest BCUT2D eigenvalue weighted by Gasteiger charge is 2.20. The molecule has 2 atom stereocenters. The highest BCUT2D eigenvalue weighted by Crippen LogP contribution is 2.17. The number of imidazole rings is 1. The van der Waals surface area contributed by atoms with Crippen molar-refractivity contribution in [3.63, 3.8) is 0 Å². The van der Waals surface area contributed by atoms with E-state index >= 15 is 0 Å². The van der Waals surface area contributed by atoms with Crippen LogP contribution in [-0.2, 0) is 0 Å². The summed E-state index contributed by atoms with van der Waals surface area (Å²) in [4.78, 5) is 20.4. The van der Waals surface area contributed by atoms with Crippen LogP contribution >= 0.6 is 0 Å². The quantitative estimate of drug-likeness (QED) is 0.819. The summed E-state index contributed by atoms with van der Waals surface area (Å²) in [5.41, 5.74) is 0.551. The fourth-order valence-corrected chi connectivity index (χ4v) is 2.36. The van der Waals surface area contributed by atoms with E-state index in [9.17, 15) is 4.79 Å². The molecular formula is C15H16N4O2. The minimum atomic E-state index is -0.146. The first-order valence-corrected chi connectivity index (χ1v) is 6.80. The van der Waals surface area contributed by atoms with Crippen LogP contribution in [0.1, 0.15) is 16.8 Å². The fraction of sp³-hybridized carbons (Fsp3) is 0.267. The summed E-state index contributed by atoms with van der Waals surface area (Å²) in [7, 11) is 0. The molecular weight excluding hydrogens is 268 g/mol. The van der Waals surface area contributed by atoms with Crippen LogP contribution in [-0.4, -0.2) is 38.2 Å². The largest absolute Gasteiger partial charge is 0.396 e. The van der Waals surface area contributed by atoms with E-state index in [0.29, 0.717) is 11.4 Å². The van der Waals surface area contributed by atoms with E-state index in [1.807, 2.05) is 12.2 Å². The lowest BCUT2D eigenvalue weighted by Crippen LogP contribution is -2.33. The van der Waals surface area contributed by atoms with Gasteiger partial charge in [0.1, 0.15) is 12.1 Å². The van der Waals surface area contributed by atoms with Gasteiger partial charge < -0.3 is 10.4 Å². The zero-order chi connectivity index (χ0) is 14.7.